The average molecular weight is 293 g/mol. The van der Waals surface area contributed by atoms with Crippen LogP contribution in [0.1, 0.15) is 10.4 Å². The Bertz CT molecular complexity index is 632. The highest BCUT2D eigenvalue weighted by atomic mass is 35.5. The Morgan fingerprint density at radius 1 is 1.20 bits per heavy atom. The van der Waals surface area contributed by atoms with Crippen molar-refractivity contribution in [3.63, 3.8) is 0 Å². The fraction of sp³-hybridized carbons (Fsp3) is 0.143. The van der Waals surface area contributed by atoms with E-state index in [-0.39, 0.29) is 11.1 Å². The van der Waals surface area contributed by atoms with Crippen molar-refractivity contribution in [2.45, 2.75) is 0 Å². The van der Waals surface area contributed by atoms with Gasteiger partial charge in [0, 0.05) is 17.8 Å². The third kappa shape index (κ3) is 3.19. The molecule has 0 aliphatic carbocycles. The molecule has 2 rings (SSSR count). The van der Waals surface area contributed by atoms with Gasteiger partial charge in [0.05, 0.1) is 19.9 Å². The van der Waals surface area contributed by atoms with Crippen LogP contribution in [0, 0.1) is 0 Å². The molecule has 104 valence electrons. The number of benzene rings is 1. The Balaban J connectivity index is 2.27. The predicted octanol–water partition coefficient (Wildman–Crippen LogP) is 3.00. The first kappa shape index (κ1) is 14.1. The minimum absolute atomic E-state index is 0.259. The van der Waals surface area contributed by atoms with Crippen molar-refractivity contribution in [2.75, 3.05) is 19.5 Å². The van der Waals surface area contributed by atoms with E-state index in [0.29, 0.717) is 22.7 Å². The lowest BCUT2D eigenvalue weighted by Crippen LogP contribution is -2.12. The third-order valence-corrected chi connectivity index (χ3v) is 2.85. The molecule has 5 nitrogen and oxygen atoms in total. The summed E-state index contributed by atoms with van der Waals surface area (Å²) >= 11 is 5.76. The van der Waals surface area contributed by atoms with Gasteiger partial charge in [0.15, 0.2) is 0 Å². The Hall–Kier alpha value is -2.27. The van der Waals surface area contributed by atoms with Gasteiger partial charge in [-0.1, -0.05) is 11.6 Å². The van der Waals surface area contributed by atoms with Crippen LogP contribution in [0.15, 0.2) is 36.5 Å². The summed E-state index contributed by atoms with van der Waals surface area (Å²) in [5.41, 5.74) is 0.930. The molecule has 6 heteroatoms. The van der Waals surface area contributed by atoms with Gasteiger partial charge in [-0.25, -0.2) is 4.98 Å². The molecule has 0 bridgehead atoms. The number of methoxy groups -OCH3 is 2. The molecule has 0 atom stereocenters. The van der Waals surface area contributed by atoms with E-state index in [2.05, 4.69) is 10.3 Å². The van der Waals surface area contributed by atoms with Gasteiger partial charge in [0.1, 0.15) is 16.7 Å². The maximum Gasteiger partial charge on any atom is 0.255 e. The summed E-state index contributed by atoms with van der Waals surface area (Å²) in [7, 11) is 3.08. The molecule has 0 fully saturated rings. The average Bonchev–Trinajstić information content (AvgIpc) is 2.47. The van der Waals surface area contributed by atoms with Crippen molar-refractivity contribution < 1.29 is 14.3 Å². The lowest BCUT2D eigenvalue weighted by atomic mass is 10.2. The van der Waals surface area contributed by atoms with Crippen molar-refractivity contribution in [2.24, 2.45) is 0 Å². The highest BCUT2D eigenvalue weighted by Crippen LogP contribution is 2.29. The van der Waals surface area contributed by atoms with Gasteiger partial charge in [-0.15, -0.1) is 0 Å². The number of halogens is 1. The van der Waals surface area contributed by atoms with Crippen LogP contribution < -0.4 is 14.8 Å². The molecule has 20 heavy (non-hydrogen) atoms. The maximum atomic E-state index is 12.1. The first-order valence-corrected chi connectivity index (χ1v) is 6.17. The van der Waals surface area contributed by atoms with E-state index in [0.717, 1.165) is 0 Å². The fourth-order valence-electron chi connectivity index (χ4n) is 1.65. The van der Waals surface area contributed by atoms with Gasteiger partial charge in [0.2, 0.25) is 0 Å². The molecule has 2 aromatic rings. The lowest BCUT2D eigenvalue weighted by molar-refractivity contribution is 0.102. The second kappa shape index (κ2) is 6.25. The quantitative estimate of drug-likeness (QED) is 0.880. The zero-order chi connectivity index (χ0) is 14.5. The van der Waals surface area contributed by atoms with Crippen molar-refractivity contribution in [1.29, 1.82) is 0 Å². The SMILES string of the molecule is COc1ccc(OC)c(NC(=O)c2ccnc(Cl)c2)c1. The van der Waals surface area contributed by atoms with Crippen LogP contribution in [0.4, 0.5) is 5.69 Å². The van der Waals surface area contributed by atoms with Gasteiger partial charge >= 0.3 is 0 Å². The van der Waals surface area contributed by atoms with Crippen molar-refractivity contribution in [1.82, 2.24) is 4.98 Å². The summed E-state index contributed by atoms with van der Waals surface area (Å²) in [6.07, 6.45) is 1.47. The normalized spacial score (nSPS) is 9.95. The topological polar surface area (TPSA) is 60.5 Å². The monoisotopic (exact) mass is 292 g/mol. The number of hydrogen-bond donors (Lipinski definition) is 1. The summed E-state index contributed by atoms with van der Waals surface area (Å²) in [5, 5.41) is 3.01. The minimum Gasteiger partial charge on any atom is -0.497 e. The molecule has 0 unspecified atom stereocenters. The van der Waals surface area contributed by atoms with E-state index in [9.17, 15) is 4.79 Å². The smallest absolute Gasteiger partial charge is 0.255 e. The molecule has 1 heterocycles. The number of carbonyl (C=O) groups excluding carboxylic acids is 1. The predicted molar refractivity (Wildman–Crippen MR) is 76.7 cm³/mol. The number of aromatic nitrogens is 1. The van der Waals surface area contributed by atoms with Crippen LogP contribution in [-0.4, -0.2) is 25.1 Å². The highest BCUT2D eigenvalue weighted by Gasteiger charge is 2.11. The van der Waals surface area contributed by atoms with Gasteiger partial charge < -0.3 is 14.8 Å². The number of amides is 1. The lowest BCUT2D eigenvalue weighted by Gasteiger charge is -2.11. The Labute approximate surface area is 121 Å². The van der Waals surface area contributed by atoms with E-state index >= 15 is 0 Å². The second-order valence-electron chi connectivity index (χ2n) is 3.89. The Morgan fingerprint density at radius 3 is 2.65 bits per heavy atom. The van der Waals surface area contributed by atoms with Crippen LogP contribution >= 0.6 is 11.6 Å². The summed E-state index contributed by atoms with van der Waals surface area (Å²) in [4.78, 5) is 16.0. The Morgan fingerprint density at radius 2 is 2.00 bits per heavy atom. The van der Waals surface area contributed by atoms with Crippen molar-refractivity contribution in [3.05, 3.63) is 47.2 Å². The van der Waals surface area contributed by atoms with Crippen LogP contribution in [0.25, 0.3) is 0 Å². The number of rotatable bonds is 4. The van der Waals surface area contributed by atoms with E-state index in [1.807, 2.05) is 0 Å². The summed E-state index contributed by atoms with van der Waals surface area (Å²) in [5.74, 6) is 0.856. The van der Waals surface area contributed by atoms with Gasteiger partial charge in [0.25, 0.3) is 5.91 Å². The first-order valence-electron chi connectivity index (χ1n) is 5.79. The number of ether oxygens (including phenoxy) is 2. The van der Waals surface area contributed by atoms with E-state index in [4.69, 9.17) is 21.1 Å². The molecule has 0 aliphatic rings. The first-order chi connectivity index (χ1) is 9.63. The van der Waals surface area contributed by atoms with Crippen molar-refractivity contribution >= 4 is 23.2 Å². The van der Waals surface area contributed by atoms with Crippen LogP contribution in [0.5, 0.6) is 11.5 Å². The molecule has 0 aliphatic heterocycles. The number of hydrogen-bond acceptors (Lipinski definition) is 4. The largest absolute Gasteiger partial charge is 0.497 e. The summed E-state index contributed by atoms with van der Waals surface area (Å²) in [6.45, 7) is 0. The number of nitrogens with zero attached hydrogens (tertiary/aromatic N) is 1. The molecular weight excluding hydrogens is 280 g/mol. The molecule has 1 aromatic heterocycles. The number of carbonyl (C=O) groups is 1. The van der Waals surface area contributed by atoms with Crippen molar-refractivity contribution in [3.8, 4) is 11.5 Å². The standard InChI is InChI=1S/C14H13ClN2O3/c1-19-10-3-4-12(20-2)11(8-10)17-14(18)9-5-6-16-13(15)7-9/h3-8H,1-2H3,(H,17,18). The third-order valence-electron chi connectivity index (χ3n) is 2.64. The van der Waals surface area contributed by atoms with Gasteiger partial charge in [-0.05, 0) is 24.3 Å². The van der Waals surface area contributed by atoms with Gasteiger partial charge in [-0.3, -0.25) is 4.79 Å². The zero-order valence-corrected chi connectivity index (χ0v) is 11.8. The molecule has 0 saturated heterocycles. The fourth-order valence-corrected chi connectivity index (χ4v) is 1.82. The number of pyridine rings is 1. The summed E-state index contributed by atoms with van der Waals surface area (Å²) < 4.78 is 10.3. The van der Waals surface area contributed by atoms with Crippen LogP contribution in [0.3, 0.4) is 0 Å². The Kier molecular flexibility index (Phi) is 4.42. The molecule has 1 aromatic carbocycles. The highest BCUT2D eigenvalue weighted by molar-refractivity contribution is 6.29. The molecule has 0 radical (unpaired) electrons. The van der Waals surface area contributed by atoms with E-state index in [1.54, 1.807) is 31.4 Å². The van der Waals surface area contributed by atoms with E-state index < -0.39 is 0 Å². The molecule has 1 N–H and O–H groups in total. The number of anilines is 1. The minimum atomic E-state index is -0.305. The molecular formula is C14H13ClN2O3. The van der Waals surface area contributed by atoms with Crippen LogP contribution in [-0.2, 0) is 0 Å². The maximum absolute atomic E-state index is 12.1. The number of nitrogens with one attached hydrogen (secondary N) is 1. The molecule has 1 amide bonds. The zero-order valence-electron chi connectivity index (χ0n) is 11.0. The second-order valence-corrected chi connectivity index (χ2v) is 4.27. The van der Waals surface area contributed by atoms with E-state index in [1.165, 1.54) is 19.4 Å². The van der Waals surface area contributed by atoms with Crippen LogP contribution in [0.2, 0.25) is 5.15 Å². The molecule has 0 saturated carbocycles. The van der Waals surface area contributed by atoms with Gasteiger partial charge in [-0.2, -0.15) is 0 Å². The molecule has 0 spiro atoms. The summed E-state index contributed by atoms with van der Waals surface area (Å²) in [6, 6.07) is 8.21.